The van der Waals surface area contributed by atoms with E-state index in [9.17, 15) is 0 Å². The molecule has 0 radical (unpaired) electrons. The topological polar surface area (TPSA) is 42.7 Å². The molecule has 0 saturated carbocycles. The van der Waals surface area contributed by atoms with Crippen molar-refractivity contribution >= 4 is 0 Å². The Labute approximate surface area is 96.4 Å². The molecule has 3 atom stereocenters. The van der Waals surface area contributed by atoms with Crippen molar-refractivity contribution in [3.05, 3.63) is 11.6 Å². The molecule has 3 unspecified atom stereocenters. The second kappa shape index (κ2) is 3.84. The molecule has 0 aliphatic carbocycles. The normalized spacial score (nSPS) is 32.5. The largest absolute Gasteiger partial charge is 0.315 e. The zero-order chi connectivity index (χ0) is 11.1. The molecule has 2 aliphatic rings. The van der Waals surface area contributed by atoms with E-state index in [-0.39, 0.29) is 0 Å². The van der Waals surface area contributed by atoms with E-state index in [1.807, 2.05) is 0 Å². The van der Waals surface area contributed by atoms with Crippen molar-refractivity contribution < 1.29 is 0 Å². The zero-order valence-corrected chi connectivity index (χ0v) is 10.1. The van der Waals surface area contributed by atoms with Crippen LogP contribution in [0.4, 0.5) is 0 Å². The summed E-state index contributed by atoms with van der Waals surface area (Å²) in [5, 5.41) is 12.3. The van der Waals surface area contributed by atoms with Crippen molar-refractivity contribution in [2.75, 3.05) is 0 Å². The summed E-state index contributed by atoms with van der Waals surface area (Å²) in [4.78, 5) is 0. The lowest BCUT2D eigenvalue weighted by Crippen LogP contribution is -2.24. The minimum Gasteiger partial charge on any atom is -0.315 e. The van der Waals surface area contributed by atoms with E-state index >= 15 is 0 Å². The molecule has 0 spiro atoms. The van der Waals surface area contributed by atoms with Gasteiger partial charge in [0.1, 0.15) is 11.6 Å². The predicted molar refractivity (Wildman–Crippen MR) is 62.4 cm³/mol. The summed E-state index contributed by atoms with van der Waals surface area (Å²) in [5.74, 6) is 2.89. The molecule has 1 N–H and O–H groups in total. The van der Waals surface area contributed by atoms with E-state index in [4.69, 9.17) is 0 Å². The van der Waals surface area contributed by atoms with Crippen LogP contribution in [0.25, 0.3) is 0 Å². The number of hydrogen-bond donors (Lipinski definition) is 1. The van der Waals surface area contributed by atoms with Gasteiger partial charge in [0.05, 0.1) is 0 Å². The van der Waals surface area contributed by atoms with Gasteiger partial charge in [0, 0.05) is 24.5 Å². The lowest BCUT2D eigenvalue weighted by molar-refractivity contribution is 0.461. The Morgan fingerprint density at radius 3 is 2.88 bits per heavy atom. The molecular formula is C12H20N4. The first-order valence-electron chi connectivity index (χ1n) is 6.45. The molecule has 2 fully saturated rings. The van der Waals surface area contributed by atoms with Gasteiger partial charge in [-0.05, 0) is 32.6 Å². The standard InChI is InChI=1S/C12H20N4/c1-3-6-16-8(2)14-15-12(16)10-7-9-4-5-11(10)13-9/h9-11,13H,3-7H2,1-2H3. The average molecular weight is 220 g/mol. The third-order valence-corrected chi connectivity index (χ3v) is 4.04. The van der Waals surface area contributed by atoms with Gasteiger partial charge in [-0.1, -0.05) is 6.92 Å². The molecule has 1 aromatic rings. The van der Waals surface area contributed by atoms with Gasteiger partial charge in [0.15, 0.2) is 0 Å². The monoisotopic (exact) mass is 220 g/mol. The maximum absolute atomic E-state index is 4.41. The van der Waals surface area contributed by atoms with Gasteiger partial charge in [0.25, 0.3) is 0 Å². The van der Waals surface area contributed by atoms with Crippen molar-refractivity contribution in [3.63, 3.8) is 0 Å². The molecule has 4 heteroatoms. The Hall–Kier alpha value is -0.900. The van der Waals surface area contributed by atoms with Crippen LogP contribution in [0.2, 0.25) is 0 Å². The SMILES string of the molecule is CCCn1c(C)nnc1C1CC2CCC1N2. The average Bonchev–Trinajstić information content (AvgIpc) is 2.95. The number of aromatic nitrogens is 3. The summed E-state index contributed by atoms with van der Waals surface area (Å²) >= 11 is 0. The highest BCUT2D eigenvalue weighted by atomic mass is 15.3. The summed E-state index contributed by atoms with van der Waals surface area (Å²) in [6.07, 6.45) is 5.07. The highest BCUT2D eigenvalue weighted by molar-refractivity contribution is 5.13. The summed E-state index contributed by atoms with van der Waals surface area (Å²) in [5.41, 5.74) is 0. The van der Waals surface area contributed by atoms with E-state index in [2.05, 4.69) is 33.9 Å². The predicted octanol–water partition coefficient (Wildman–Crippen LogP) is 1.60. The van der Waals surface area contributed by atoms with Crippen LogP contribution >= 0.6 is 0 Å². The number of hydrogen-bond acceptors (Lipinski definition) is 3. The van der Waals surface area contributed by atoms with Crippen LogP contribution in [0.3, 0.4) is 0 Å². The van der Waals surface area contributed by atoms with Crippen molar-refractivity contribution in [1.29, 1.82) is 0 Å². The minimum absolute atomic E-state index is 0.603. The van der Waals surface area contributed by atoms with Gasteiger partial charge in [0.2, 0.25) is 0 Å². The molecule has 3 heterocycles. The van der Waals surface area contributed by atoms with E-state index < -0.39 is 0 Å². The Bertz CT molecular complexity index is 384. The smallest absolute Gasteiger partial charge is 0.137 e. The maximum Gasteiger partial charge on any atom is 0.137 e. The van der Waals surface area contributed by atoms with Crippen molar-refractivity contribution in [1.82, 2.24) is 20.1 Å². The molecule has 0 aromatic carbocycles. The Balaban J connectivity index is 1.88. The minimum atomic E-state index is 0.603. The number of nitrogens with one attached hydrogen (secondary N) is 1. The molecular weight excluding hydrogens is 200 g/mol. The summed E-state index contributed by atoms with van der Waals surface area (Å²) in [7, 11) is 0. The Kier molecular flexibility index (Phi) is 2.46. The van der Waals surface area contributed by atoms with Crippen LogP contribution in [0.15, 0.2) is 0 Å². The molecule has 2 saturated heterocycles. The lowest BCUT2D eigenvalue weighted by atomic mass is 9.88. The Morgan fingerprint density at radius 2 is 2.25 bits per heavy atom. The second-order valence-electron chi connectivity index (χ2n) is 5.15. The Morgan fingerprint density at radius 1 is 1.38 bits per heavy atom. The molecule has 2 aliphatic heterocycles. The summed E-state index contributed by atoms with van der Waals surface area (Å²) < 4.78 is 2.31. The van der Waals surface area contributed by atoms with Crippen LogP contribution in [0, 0.1) is 6.92 Å². The van der Waals surface area contributed by atoms with Gasteiger partial charge < -0.3 is 9.88 Å². The molecule has 0 amide bonds. The van der Waals surface area contributed by atoms with Crippen molar-refractivity contribution in [2.45, 2.75) is 64.1 Å². The van der Waals surface area contributed by atoms with E-state index in [1.165, 1.54) is 25.1 Å². The molecule has 16 heavy (non-hydrogen) atoms. The van der Waals surface area contributed by atoms with Gasteiger partial charge in [-0.15, -0.1) is 10.2 Å². The first kappa shape index (κ1) is 10.3. The number of fused-ring (bicyclic) bond motifs is 2. The summed E-state index contributed by atoms with van der Waals surface area (Å²) in [6.45, 7) is 5.33. The van der Waals surface area contributed by atoms with Crippen molar-refractivity contribution in [2.24, 2.45) is 0 Å². The fourth-order valence-electron chi connectivity index (χ4n) is 3.28. The van der Waals surface area contributed by atoms with Crippen LogP contribution in [-0.2, 0) is 6.54 Å². The number of rotatable bonds is 3. The molecule has 88 valence electrons. The third kappa shape index (κ3) is 1.47. The highest BCUT2D eigenvalue weighted by Crippen LogP contribution is 2.39. The van der Waals surface area contributed by atoms with Crippen LogP contribution in [0.5, 0.6) is 0 Å². The fraction of sp³-hybridized carbons (Fsp3) is 0.833. The third-order valence-electron chi connectivity index (χ3n) is 4.04. The first-order valence-corrected chi connectivity index (χ1v) is 6.45. The van der Waals surface area contributed by atoms with Gasteiger partial charge in [-0.25, -0.2) is 0 Å². The molecule has 4 nitrogen and oxygen atoms in total. The maximum atomic E-state index is 4.41. The second-order valence-corrected chi connectivity index (χ2v) is 5.15. The quantitative estimate of drug-likeness (QED) is 0.841. The van der Waals surface area contributed by atoms with Gasteiger partial charge >= 0.3 is 0 Å². The zero-order valence-electron chi connectivity index (χ0n) is 10.1. The van der Waals surface area contributed by atoms with Gasteiger partial charge in [-0.2, -0.15) is 0 Å². The fourth-order valence-corrected chi connectivity index (χ4v) is 3.28. The van der Waals surface area contributed by atoms with Gasteiger partial charge in [-0.3, -0.25) is 0 Å². The van der Waals surface area contributed by atoms with Crippen LogP contribution in [-0.4, -0.2) is 26.8 Å². The molecule has 3 rings (SSSR count). The lowest BCUT2D eigenvalue weighted by Gasteiger charge is -2.20. The molecule has 2 bridgehead atoms. The number of nitrogens with zero attached hydrogens (tertiary/aromatic N) is 3. The summed E-state index contributed by atoms with van der Waals surface area (Å²) in [6, 6.07) is 1.39. The highest BCUT2D eigenvalue weighted by Gasteiger charge is 2.42. The van der Waals surface area contributed by atoms with E-state index in [0.717, 1.165) is 24.8 Å². The van der Waals surface area contributed by atoms with E-state index in [0.29, 0.717) is 12.0 Å². The van der Waals surface area contributed by atoms with E-state index in [1.54, 1.807) is 0 Å². The number of aryl methyl sites for hydroxylation is 1. The van der Waals surface area contributed by atoms with Crippen LogP contribution < -0.4 is 5.32 Å². The molecule has 1 aromatic heterocycles. The first-order chi connectivity index (χ1) is 7.79. The van der Waals surface area contributed by atoms with Crippen LogP contribution in [0.1, 0.15) is 50.2 Å². The van der Waals surface area contributed by atoms with Crippen molar-refractivity contribution in [3.8, 4) is 0 Å².